The van der Waals surface area contributed by atoms with Crippen LogP contribution in [0.3, 0.4) is 0 Å². The van der Waals surface area contributed by atoms with E-state index in [0.717, 1.165) is 23.8 Å². The van der Waals surface area contributed by atoms with Gasteiger partial charge in [0, 0.05) is 38.3 Å². The number of rotatable bonds is 15. The lowest BCUT2D eigenvalue weighted by Gasteiger charge is -2.44. The number of aliphatic hydroxyl groups excluding tert-OH is 2. The van der Waals surface area contributed by atoms with Crippen molar-refractivity contribution < 1.29 is 66.3 Å². The first-order chi connectivity index (χ1) is 31.5. The van der Waals surface area contributed by atoms with E-state index in [4.69, 9.17) is 25.2 Å². The van der Waals surface area contributed by atoms with Gasteiger partial charge in [0.05, 0.1) is 17.1 Å². The average molecular weight is 940 g/mol. The number of aliphatic carboxylic acids is 2. The summed E-state index contributed by atoms with van der Waals surface area (Å²) in [7, 11) is 0. The summed E-state index contributed by atoms with van der Waals surface area (Å²) in [6, 6.07) is 18.9. The number of fused-ring (bicyclic) bond motifs is 1. The molecule has 4 N–H and O–H groups in total. The lowest BCUT2D eigenvalue weighted by molar-refractivity contribution is -0.165. The molecule has 2 aromatic heterocycles. The third-order valence-corrected chi connectivity index (χ3v) is 11.3. The summed E-state index contributed by atoms with van der Waals surface area (Å²) in [5, 5.41) is 32.7. The maximum absolute atomic E-state index is 14.7. The van der Waals surface area contributed by atoms with Crippen LogP contribution in [0.15, 0.2) is 89.9 Å². The summed E-state index contributed by atoms with van der Waals surface area (Å²) in [4.78, 5) is 72.9. The molecule has 1 saturated heterocycles. The molecule has 0 radical (unpaired) electrons. The van der Waals surface area contributed by atoms with Gasteiger partial charge in [0.1, 0.15) is 23.6 Å². The number of carbonyl (C=O) groups is 4. The van der Waals surface area contributed by atoms with Crippen LogP contribution in [0.1, 0.15) is 63.1 Å². The van der Waals surface area contributed by atoms with E-state index in [1.54, 1.807) is 47.6 Å². The predicted octanol–water partition coefficient (Wildman–Crippen LogP) is 5.64. The Balaban J connectivity index is 0.000000752. The van der Waals surface area contributed by atoms with Crippen LogP contribution in [0.2, 0.25) is 0 Å². The standard InChI is InChI=1S/C43H44F5N5O4.C4H6O6/c1-27(2)57-41(56)42(3,4)51-23-20-33(21-24-51)52(25-28-10-12-29(13-11-28)30-14-17-32(18-15-30)43(46,47)48)37(54)26-53-36(19-16-31-7-5-9-35(44)38(31)45)50-40(55)34-8-6-22-49-39(34)53;5-1(3(7)8)2(6)4(9)10/h5-15,17-18,22,27,33H,16,19-21,23-26H2,1-4H3;1-2,5-6H,(H,7,8)(H,9,10)/t;1-,2-/m.1/s1. The Labute approximate surface area is 381 Å². The zero-order chi connectivity index (χ0) is 49.4. The van der Waals surface area contributed by atoms with E-state index in [2.05, 4.69) is 9.97 Å². The summed E-state index contributed by atoms with van der Waals surface area (Å²) < 4.78 is 75.3. The van der Waals surface area contributed by atoms with E-state index >= 15 is 0 Å². The van der Waals surface area contributed by atoms with Gasteiger partial charge in [0.25, 0.3) is 5.56 Å². The van der Waals surface area contributed by atoms with Gasteiger partial charge in [-0.25, -0.2) is 23.4 Å². The highest BCUT2D eigenvalue weighted by Crippen LogP contribution is 2.32. The van der Waals surface area contributed by atoms with Gasteiger partial charge in [-0.15, -0.1) is 0 Å². The number of carboxylic acids is 2. The van der Waals surface area contributed by atoms with Crippen molar-refractivity contribution in [2.75, 3.05) is 13.1 Å². The van der Waals surface area contributed by atoms with Crippen molar-refractivity contribution in [3.05, 3.63) is 130 Å². The van der Waals surface area contributed by atoms with Crippen molar-refractivity contribution in [1.82, 2.24) is 24.3 Å². The number of nitrogens with zero attached hydrogens (tertiary/aromatic N) is 5. The van der Waals surface area contributed by atoms with Crippen LogP contribution in [0.5, 0.6) is 0 Å². The Morgan fingerprint density at radius 1 is 0.836 bits per heavy atom. The molecule has 358 valence electrons. The summed E-state index contributed by atoms with van der Waals surface area (Å²) in [6.07, 6.45) is -6.69. The fraction of sp³-hybridized carbons (Fsp3) is 0.383. The number of pyridine rings is 1. The Morgan fingerprint density at radius 3 is 1.97 bits per heavy atom. The number of carboxylic acid groups (broad SMARTS) is 2. The molecule has 15 nitrogen and oxygen atoms in total. The van der Waals surface area contributed by atoms with Gasteiger partial charge < -0.3 is 34.6 Å². The van der Waals surface area contributed by atoms with Crippen molar-refractivity contribution in [2.24, 2.45) is 0 Å². The Kier molecular flexibility index (Phi) is 16.7. The summed E-state index contributed by atoms with van der Waals surface area (Å²) in [5.41, 5.74) is 0.180. The first-order valence-corrected chi connectivity index (χ1v) is 21.1. The maximum atomic E-state index is 14.7. The quantitative estimate of drug-likeness (QED) is 0.0740. The van der Waals surface area contributed by atoms with Crippen LogP contribution in [-0.4, -0.2) is 112 Å². The van der Waals surface area contributed by atoms with E-state index in [9.17, 15) is 45.9 Å². The minimum Gasteiger partial charge on any atom is -0.479 e. The summed E-state index contributed by atoms with van der Waals surface area (Å²) >= 11 is 0. The van der Waals surface area contributed by atoms with Gasteiger partial charge in [-0.1, -0.05) is 48.5 Å². The molecule has 5 aromatic rings. The number of aliphatic hydroxyl groups is 2. The summed E-state index contributed by atoms with van der Waals surface area (Å²) in [6.45, 7) is 8.13. The largest absolute Gasteiger partial charge is 0.479 e. The highest BCUT2D eigenvalue weighted by Gasteiger charge is 2.40. The number of aryl methyl sites for hydroxylation is 2. The Bertz CT molecular complexity index is 2600. The molecule has 1 aliphatic heterocycles. The number of benzene rings is 3. The number of carbonyl (C=O) groups excluding carboxylic acids is 2. The molecule has 3 aromatic carbocycles. The van der Waals surface area contributed by atoms with Crippen LogP contribution in [-0.2, 0) is 56.0 Å². The highest BCUT2D eigenvalue weighted by molar-refractivity contribution is 5.83. The molecule has 1 fully saturated rings. The second-order valence-electron chi connectivity index (χ2n) is 16.6. The third-order valence-electron chi connectivity index (χ3n) is 11.3. The van der Waals surface area contributed by atoms with Crippen LogP contribution in [0.25, 0.3) is 22.2 Å². The Morgan fingerprint density at radius 2 is 1.42 bits per heavy atom. The van der Waals surface area contributed by atoms with Gasteiger partial charge >= 0.3 is 24.1 Å². The number of piperidine rings is 1. The number of esters is 1. The number of aromatic nitrogens is 3. The molecule has 0 spiro atoms. The van der Waals surface area contributed by atoms with E-state index < -0.39 is 58.6 Å². The molecule has 67 heavy (non-hydrogen) atoms. The molecule has 3 heterocycles. The van der Waals surface area contributed by atoms with Crippen molar-refractivity contribution >= 4 is 34.8 Å². The van der Waals surface area contributed by atoms with Crippen molar-refractivity contribution in [1.29, 1.82) is 0 Å². The topological polar surface area (TPSA) is 213 Å². The molecule has 20 heteroatoms. The van der Waals surface area contributed by atoms with Crippen LogP contribution in [0.4, 0.5) is 22.0 Å². The van der Waals surface area contributed by atoms with Crippen LogP contribution in [0, 0.1) is 11.6 Å². The average Bonchev–Trinajstić information content (AvgIpc) is 3.29. The Hall–Kier alpha value is -6.64. The molecular weight excluding hydrogens is 890 g/mol. The molecule has 1 aliphatic rings. The first-order valence-electron chi connectivity index (χ1n) is 21.1. The van der Waals surface area contributed by atoms with Gasteiger partial charge in [-0.2, -0.15) is 18.2 Å². The van der Waals surface area contributed by atoms with E-state index in [1.165, 1.54) is 30.5 Å². The zero-order valence-electron chi connectivity index (χ0n) is 36.9. The van der Waals surface area contributed by atoms with E-state index in [0.29, 0.717) is 37.1 Å². The normalized spacial score (nSPS) is 14.5. The molecule has 2 atom stereocenters. The first kappa shape index (κ1) is 51.3. The van der Waals surface area contributed by atoms with Crippen molar-refractivity contribution in [2.45, 2.75) is 103 Å². The maximum Gasteiger partial charge on any atom is 0.416 e. The van der Waals surface area contributed by atoms with Crippen LogP contribution < -0.4 is 5.56 Å². The summed E-state index contributed by atoms with van der Waals surface area (Å²) in [5.74, 6) is -6.00. The van der Waals surface area contributed by atoms with E-state index in [1.807, 2.05) is 30.9 Å². The molecule has 0 unspecified atom stereocenters. The lowest BCUT2D eigenvalue weighted by Crippen LogP contribution is -2.57. The highest BCUT2D eigenvalue weighted by atomic mass is 19.4. The number of hydrogen-bond acceptors (Lipinski definition) is 11. The van der Waals surface area contributed by atoms with Gasteiger partial charge in [-0.05, 0) is 99.5 Å². The molecule has 1 amide bonds. The molecular formula is C47H50F5N5O10. The zero-order valence-corrected chi connectivity index (χ0v) is 36.9. The van der Waals surface area contributed by atoms with Crippen molar-refractivity contribution in [3.8, 4) is 11.1 Å². The molecule has 0 bridgehead atoms. The number of alkyl halides is 3. The number of halogens is 5. The van der Waals surface area contributed by atoms with Crippen LogP contribution >= 0.6 is 0 Å². The lowest BCUT2D eigenvalue weighted by atomic mass is 9.95. The second kappa shape index (κ2) is 21.8. The van der Waals surface area contributed by atoms with Gasteiger partial charge in [-0.3, -0.25) is 19.3 Å². The number of hydrogen-bond donors (Lipinski definition) is 4. The van der Waals surface area contributed by atoms with E-state index in [-0.39, 0.29) is 72.4 Å². The third kappa shape index (κ3) is 12.8. The fourth-order valence-electron chi connectivity index (χ4n) is 7.48. The van der Waals surface area contributed by atoms with Gasteiger partial charge in [0.15, 0.2) is 23.8 Å². The second-order valence-corrected chi connectivity index (χ2v) is 16.6. The monoisotopic (exact) mass is 939 g/mol. The molecule has 0 saturated carbocycles. The number of ether oxygens (including phenoxy) is 1. The number of amides is 1. The van der Waals surface area contributed by atoms with Crippen molar-refractivity contribution in [3.63, 3.8) is 0 Å². The number of likely N-dealkylation sites (tertiary alicyclic amines) is 1. The minimum atomic E-state index is -4.45. The molecule has 6 rings (SSSR count). The predicted molar refractivity (Wildman–Crippen MR) is 232 cm³/mol. The fourth-order valence-corrected chi connectivity index (χ4v) is 7.48. The SMILES string of the molecule is CC(C)OC(=O)C(C)(C)N1CCC(N(Cc2ccc(-c3ccc(C(F)(F)F)cc3)cc2)C(=O)Cn2c(CCc3cccc(F)c3F)nc(=O)c3cccnc32)CC1.O=C(O)[C@H](O)[C@@H](O)C(=O)O. The minimum absolute atomic E-state index is 0.00501. The smallest absolute Gasteiger partial charge is 0.416 e. The van der Waals surface area contributed by atoms with Gasteiger partial charge in [0.2, 0.25) is 5.91 Å². The molecule has 0 aliphatic carbocycles.